The normalized spacial score (nSPS) is 13.7. The molecular formula is C13H23NOS. The van der Waals surface area contributed by atoms with Gasteiger partial charge in [-0.05, 0) is 43.7 Å². The minimum Gasteiger partial charge on any atom is -0.465 e. The van der Waals surface area contributed by atoms with Crippen molar-refractivity contribution in [2.75, 3.05) is 19.3 Å². The molecule has 1 rings (SSSR count). The molecule has 0 saturated carbocycles. The number of aryl methyl sites for hydroxylation is 1. The van der Waals surface area contributed by atoms with Crippen LogP contribution in [0.4, 0.5) is 0 Å². The number of hydrogen-bond acceptors (Lipinski definition) is 3. The van der Waals surface area contributed by atoms with E-state index in [2.05, 4.69) is 44.5 Å². The van der Waals surface area contributed by atoms with Crippen molar-refractivity contribution in [2.45, 2.75) is 27.3 Å². The molecule has 1 unspecified atom stereocenters. The third kappa shape index (κ3) is 4.22. The van der Waals surface area contributed by atoms with E-state index in [1.54, 1.807) is 0 Å². The van der Waals surface area contributed by atoms with Crippen LogP contribution in [0.3, 0.4) is 0 Å². The molecule has 92 valence electrons. The highest BCUT2D eigenvalue weighted by Gasteiger charge is 2.14. The molecule has 1 aromatic heterocycles. The Labute approximate surface area is 104 Å². The van der Waals surface area contributed by atoms with Gasteiger partial charge in [0.05, 0.1) is 6.54 Å². The standard InChI is InChI=1S/C13H23NOS/c1-10(2)12(9-16)7-14(4)8-13-6-5-11(3)15-13/h5-6,10,12,16H,7-9H2,1-4H3. The molecule has 0 aliphatic heterocycles. The third-order valence-corrected chi connectivity index (χ3v) is 3.41. The van der Waals surface area contributed by atoms with Gasteiger partial charge in [-0.2, -0.15) is 12.6 Å². The summed E-state index contributed by atoms with van der Waals surface area (Å²) in [6, 6.07) is 4.07. The molecule has 1 heterocycles. The molecule has 0 spiro atoms. The number of furan rings is 1. The maximum atomic E-state index is 5.57. The Morgan fingerprint density at radius 3 is 2.50 bits per heavy atom. The van der Waals surface area contributed by atoms with Gasteiger partial charge in [-0.15, -0.1) is 0 Å². The van der Waals surface area contributed by atoms with Gasteiger partial charge in [-0.3, -0.25) is 4.90 Å². The van der Waals surface area contributed by atoms with Crippen LogP contribution in [0.2, 0.25) is 0 Å². The first kappa shape index (κ1) is 13.7. The first-order valence-corrected chi connectivity index (χ1v) is 6.51. The lowest BCUT2D eigenvalue weighted by Gasteiger charge is -2.24. The number of rotatable bonds is 6. The van der Waals surface area contributed by atoms with E-state index < -0.39 is 0 Å². The Bertz CT molecular complexity index is 309. The molecule has 0 amide bonds. The lowest BCUT2D eigenvalue weighted by Crippen LogP contribution is -2.29. The van der Waals surface area contributed by atoms with E-state index in [0.717, 1.165) is 30.4 Å². The Hall–Kier alpha value is -0.410. The van der Waals surface area contributed by atoms with Crippen LogP contribution in [0.1, 0.15) is 25.4 Å². The summed E-state index contributed by atoms with van der Waals surface area (Å²) in [5.41, 5.74) is 0. The van der Waals surface area contributed by atoms with Crippen LogP contribution in [-0.2, 0) is 6.54 Å². The summed E-state index contributed by atoms with van der Waals surface area (Å²) in [5, 5.41) is 0. The fraction of sp³-hybridized carbons (Fsp3) is 0.692. The van der Waals surface area contributed by atoms with Gasteiger partial charge >= 0.3 is 0 Å². The van der Waals surface area contributed by atoms with Crippen LogP contribution in [0.5, 0.6) is 0 Å². The first-order valence-electron chi connectivity index (χ1n) is 5.87. The lowest BCUT2D eigenvalue weighted by molar-refractivity contribution is 0.230. The van der Waals surface area contributed by atoms with Crippen molar-refractivity contribution in [1.82, 2.24) is 4.90 Å². The van der Waals surface area contributed by atoms with Gasteiger partial charge < -0.3 is 4.42 Å². The van der Waals surface area contributed by atoms with Crippen LogP contribution >= 0.6 is 12.6 Å². The van der Waals surface area contributed by atoms with E-state index in [-0.39, 0.29) is 0 Å². The van der Waals surface area contributed by atoms with E-state index in [0.29, 0.717) is 11.8 Å². The topological polar surface area (TPSA) is 16.4 Å². The molecule has 0 fully saturated rings. The summed E-state index contributed by atoms with van der Waals surface area (Å²) >= 11 is 4.41. The highest BCUT2D eigenvalue weighted by Crippen LogP contribution is 2.15. The van der Waals surface area contributed by atoms with Crippen LogP contribution in [0.25, 0.3) is 0 Å². The zero-order valence-corrected chi connectivity index (χ0v) is 11.6. The van der Waals surface area contributed by atoms with Crippen molar-refractivity contribution in [3.8, 4) is 0 Å². The third-order valence-electron chi connectivity index (χ3n) is 2.95. The Balaban J connectivity index is 2.43. The zero-order valence-electron chi connectivity index (χ0n) is 10.7. The molecule has 3 heteroatoms. The smallest absolute Gasteiger partial charge is 0.118 e. The quantitative estimate of drug-likeness (QED) is 0.770. The predicted molar refractivity (Wildman–Crippen MR) is 72.0 cm³/mol. The van der Waals surface area contributed by atoms with Crippen molar-refractivity contribution in [3.05, 3.63) is 23.7 Å². The highest BCUT2D eigenvalue weighted by atomic mass is 32.1. The summed E-state index contributed by atoms with van der Waals surface area (Å²) in [7, 11) is 2.14. The SMILES string of the molecule is Cc1ccc(CN(C)CC(CS)C(C)C)o1. The van der Waals surface area contributed by atoms with E-state index in [1.807, 2.05) is 13.0 Å². The summed E-state index contributed by atoms with van der Waals surface area (Å²) in [6.07, 6.45) is 0. The second kappa shape index (κ2) is 6.36. The van der Waals surface area contributed by atoms with Gasteiger partial charge in [0.15, 0.2) is 0 Å². The second-order valence-electron chi connectivity index (χ2n) is 4.90. The fourth-order valence-corrected chi connectivity index (χ4v) is 2.32. The Kier molecular flexibility index (Phi) is 5.42. The summed E-state index contributed by atoms with van der Waals surface area (Å²) in [4.78, 5) is 2.30. The van der Waals surface area contributed by atoms with Gasteiger partial charge in [-0.25, -0.2) is 0 Å². The molecule has 1 aromatic rings. The molecule has 0 aliphatic rings. The maximum absolute atomic E-state index is 5.57. The summed E-state index contributed by atoms with van der Waals surface area (Å²) in [6.45, 7) is 8.44. The molecule has 2 nitrogen and oxygen atoms in total. The molecule has 0 saturated heterocycles. The average molecular weight is 241 g/mol. The second-order valence-corrected chi connectivity index (χ2v) is 5.26. The van der Waals surface area contributed by atoms with E-state index in [4.69, 9.17) is 4.42 Å². The van der Waals surface area contributed by atoms with Crippen molar-refractivity contribution in [2.24, 2.45) is 11.8 Å². The van der Waals surface area contributed by atoms with E-state index >= 15 is 0 Å². The van der Waals surface area contributed by atoms with Crippen molar-refractivity contribution in [3.63, 3.8) is 0 Å². The number of hydrogen-bond donors (Lipinski definition) is 1. The number of thiol groups is 1. The van der Waals surface area contributed by atoms with Gasteiger partial charge in [0, 0.05) is 6.54 Å². The maximum Gasteiger partial charge on any atom is 0.118 e. The summed E-state index contributed by atoms with van der Waals surface area (Å²) in [5.74, 6) is 4.29. The highest BCUT2D eigenvalue weighted by molar-refractivity contribution is 7.80. The molecule has 0 bridgehead atoms. The van der Waals surface area contributed by atoms with Gasteiger partial charge in [-0.1, -0.05) is 13.8 Å². The minimum absolute atomic E-state index is 0.643. The van der Waals surface area contributed by atoms with Crippen LogP contribution < -0.4 is 0 Å². The van der Waals surface area contributed by atoms with Gasteiger partial charge in [0.25, 0.3) is 0 Å². The molecule has 0 aromatic carbocycles. The van der Waals surface area contributed by atoms with Crippen LogP contribution in [-0.4, -0.2) is 24.2 Å². The van der Waals surface area contributed by atoms with Gasteiger partial charge in [0.1, 0.15) is 11.5 Å². The first-order chi connectivity index (χ1) is 7.52. The van der Waals surface area contributed by atoms with Gasteiger partial charge in [0.2, 0.25) is 0 Å². The molecular weight excluding hydrogens is 218 g/mol. The predicted octanol–water partition coefficient (Wildman–Crippen LogP) is 3.22. The van der Waals surface area contributed by atoms with Crippen molar-refractivity contribution in [1.29, 1.82) is 0 Å². The monoisotopic (exact) mass is 241 g/mol. The molecule has 0 radical (unpaired) electrons. The Morgan fingerprint density at radius 2 is 2.06 bits per heavy atom. The van der Waals surface area contributed by atoms with Crippen molar-refractivity contribution >= 4 is 12.6 Å². The van der Waals surface area contributed by atoms with E-state index in [9.17, 15) is 0 Å². The van der Waals surface area contributed by atoms with Crippen LogP contribution in [0, 0.1) is 18.8 Å². The summed E-state index contributed by atoms with van der Waals surface area (Å²) < 4.78 is 5.57. The Morgan fingerprint density at radius 1 is 1.38 bits per heavy atom. The fourth-order valence-electron chi connectivity index (χ4n) is 1.78. The van der Waals surface area contributed by atoms with E-state index in [1.165, 1.54) is 0 Å². The average Bonchev–Trinajstić information content (AvgIpc) is 2.60. The molecule has 0 N–H and O–H groups in total. The largest absolute Gasteiger partial charge is 0.465 e. The minimum atomic E-state index is 0.643. The lowest BCUT2D eigenvalue weighted by atomic mass is 9.97. The van der Waals surface area contributed by atoms with Crippen molar-refractivity contribution < 1.29 is 4.42 Å². The van der Waals surface area contributed by atoms with Crippen LogP contribution in [0.15, 0.2) is 16.5 Å². The molecule has 1 atom stereocenters. The molecule has 0 aliphatic carbocycles. The number of nitrogens with zero attached hydrogens (tertiary/aromatic N) is 1. The molecule has 16 heavy (non-hydrogen) atoms. The zero-order chi connectivity index (χ0) is 12.1.